The highest BCUT2D eigenvalue weighted by molar-refractivity contribution is 7.80. The summed E-state index contributed by atoms with van der Waals surface area (Å²) in [6.45, 7) is 2.36. The average molecular weight is 420 g/mol. The summed E-state index contributed by atoms with van der Waals surface area (Å²) < 4.78 is 8.22. The summed E-state index contributed by atoms with van der Waals surface area (Å²) in [7, 11) is 0. The smallest absolute Gasteiger partial charge is 0.170 e. The van der Waals surface area contributed by atoms with Crippen LogP contribution < -0.4 is 5.32 Å². The Balaban J connectivity index is 1.51. The topological polar surface area (TPSA) is 55.2 Å². The Morgan fingerprint density at radius 1 is 1.07 bits per heavy atom. The van der Waals surface area contributed by atoms with E-state index in [4.69, 9.17) is 17.0 Å². The number of hydrogen-bond acceptors (Lipinski definition) is 4. The van der Waals surface area contributed by atoms with Crippen LogP contribution in [0.2, 0.25) is 0 Å². The first-order chi connectivity index (χ1) is 14.8. The van der Waals surface area contributed by atoms with Gasteiger partial charge in [0.25, 0.3) is 0 Å². The van der Waals surface area contributed by atoms with Crippen LogP contribution in [0, 0.1) is 0 Å². The third-order valence-electron chi connectivity index (χ3n) is 5.85. The number of aromatic nitrogens is 3. The first kappa shape index (κ1) is 19.2. The molecule has 0 amide bonds. The third-order valence-corrected chi connectivity index (χ3v) is 6.20. The van der Waals surface area contributed by atoms with E-state index < -0.39 is 0 Å². The SMILES string of the molecule is S=C1N[C@@H](c2ccccn2)[C@H](c2cccn2C[C@@H]2CCCO2)N1Cc1ccccn1. The van der Waals surface area contributed by atoms with Gasteiger partial charge in [-0.25, -0.2) is 0 Å². The van der Waals surface area contributed by atoms with Gasteiger partial charge < -0.3 is 19.5 Å². The van der Waals surface area contributed by atoms with Crippen molar-refractivity contribution < 1.29 is 4.74 Å². The average Bonchev–Trinajstić information content (AvgIpc) is 3.52. The largest absolute Gasteiger partial charge is 0.376 e. The minimum atomic E-state index is -0.0273. The number of nitrogens with one attached hydrogen (secondary N) is 1. The summed E-state index contributed by atoms with van der Waals surface area (Å²) >= 11 is 5.78. The summed E-state index contributed by atoms with van der Waals surface area (Å²) in [4.78, 5) is 11.4. The van der Waals surface area contributed by atoms with Crippen LogP contribution in [0.3, 0.4) is 0 Å². The number of ether oxygens (including phenoxy) is 1. The van der Waals surface area contributed by atoms with Crippen LogP contribution in [-0.4, -0.2) is 37.3 Å². The molecule has 1 N–H and O–H groups in total. The lowest BCUT2D eigenvalue weighted by Gasteiger charge is -2.29. The number of pyridine rings is 2. The van der Waals surface area contributed by atoms with Crippen molar-refractivity contribution in [1.82, 2.24) is 24.8 Å². The van der Waals surface area contributed by atoms with E-state index in [2.05, 4.69) is 49.1 Å². The van der Waals surface area contributed by atoms with Crippen LogP contribution in [0.5, 0.6) is 0 Å². The Morgan fingerprint density at radius 2 is 1.93 bits per heavy atom. The monoisotopic (exact) mass is 419 g/mol. The Hall–Kier alpha value is -2.77. The van der Waals surface area contributed by atoms with Crippen LogP contribution in [-0.2, 0) is 17.8 Å². The predicted molar refractivity (Wildman–Crippen MR) is 119 cm³/mol. The van der Waals surface area contributed by atoms with E-state index in [1.807, 2.05) is 42.7 Å². The number of nitrogens with zero attached hydrogens (tertiary/aromatic N) is 4. The fraction of sp³-hybridized carbons (Fsp3) is 0.348. The van der Waals surface area contributed by atoms with Crippen molar-refractivity contribution in [2.24, 2.45) is 0 Å². The van der Waals surface area contributed by atoms with Gasteiger partial charge in [-0.15, -0.1) is 0 Å². The molecule has 7 heteroatoms. The van der Waals surface area contributed by atoms with Gasteiger partial charge in [0.05, 0.1) is 36.1 Å². The minimum Gasteiger partial charge on any atom is -0.376 e. The predicted octanol–water partition coefficient (Wildman–Crippen LogP) is 3.63. The lowest BCUT2D eigenvalue weighted by atomic mass is 10.0. The van der Waals surface area contributed by atoms with E-state index in [0.29, 0.717) is 6.54 Å². The molecule has 2 aliphatic rings. The zero-order valence-corrected chi connectivity index (χ0v) is 17.5. The van der Waals surface area contributed by atoms with Crippen molar-refractivity contribution in [3.63, 3.8) is 0 Å². The summed E-state index contributed by atoms with van der Waals surface area (Å²) in [5, 5.41) is 4.25. The Labute approximate surface area is 181 Å². The second kappa shape index (κ2) is 8.53. The number of hydrogen-bond donors (Lipinski definition) is 1. The molecule has 2 aliphatic heterocycles. The minimum absolute atomic E-state index is 0.0193. The van der Waals surface area contributed by atoms with Crippen molar-refractivity contribution in [2.75, 3.05) is 6.61 Å². The summed E-state index contributed by atoms with van der Waals surface area (Å²) in [6.07, 6.45) is 8.33. The van der Waals surface area contributed by atoms with Gasteiger partial charge in [-0.1, -0.05) is 12.1 Å². The molecular formula is C23H25N5OS. The van der Waals surface area contributed by atoms with Gasteiger partial charge >= 0.3 is 0 Å². The van der Waals surface area contributed by atoms with E-state index in [1.54, 1.807) is 0 Å². The van der Waals surface area contributed by atoms with Gasteiger partial charge in [0.2, 0.25) is 0 Å². The fourth-order valence-electron chi connectivity index (χ4n) is 4.43. The lowest BCUT2D eigenvalue weighted by Crippen LogP contribution is -2.31. The number of thiocarbonyl (C=S) groups is 1. The molecule has 5 rings (SSSR count). The molecule has 5 heterocycles. The third kappa shape index (κ3) is 3.82. The Kier molecular flexibility index (Phi) is 5.46. The van der Waals surface area contributed by atoms with E-state index >= 15 is 0 Å². The van der Waals surface area contributed by atoms with Crippen LogP contribution in [0.4, 0.5) is 0 Å². The van der Waals surface area contributed by atoms with Crippen LogP contribution in [0.25, 0.3) is 0 Å². The maximum absolute atomic E-state index is 5.90. The maximum Gasteiger partial charge on any atom is 0.170 e. The lowest BCUT2D eigenvalue weighted by molar-refractivity contribution is 0.0952. The zero-order valence-electron chi connectivity index (χ0n) is 16.7. The molecule has 3 atom stereocenters. The molecule has 3 aromatic heterocycles. The quantitative estimate of drug-likeness (QED) is 0.616. The van der Waals surface area contributed by atoms with Crippen molar-refractivity contribution in [2.45, 2.75) is 44.1 Å². The summed E-state index contributed by atoms with van der Waals surface area (Å²) in [6, 6.07) is 16.3. The molecule has 6 nitrogen and oxygen atoms in total. The standard InChI is InChI=1S/C23H25N5OS/c30-23-26-21(19-9-2-4-12-25-19)22(28(23)15-17-7-1-3-11-24-17)20-10-5-13-27(20)16-18-8-6-14-29-18/h1-5,7,9-13,18,21-22H,6,8,14-16H2,(H,26,30)/t18-,21-,22-/m0/s1. The van der Waals surface area contributed by atoms with Gasteiger partial charge in [0, 0.05) is 37.4 Å². The molecule has 0 aromatic carbocycles. The highest BCUT2D eigenvalue weighted by Crippen LogP contribution is 2.39. The second-order valence-corrected chi connectivity index (χ2v) is 8.18. The molecule has 0 radical (unpaired) electrons. The Morgan fingerprint density at radius 3 is 2.67 bits per heavy atom. The normalized spacial score (nSPS) is 23.7. The van der Waals surface area contributed by atoms with Crippen LogP contribution in [0.1, 0.15) is 42.0 Å². The van der Waals surface area contributed by atoms with Crippen molar-refractivity contribution >= 4 is 17.3 Å². The first-order valence-corrected chi connectivity index (χ1v) is 10.8. The van der Waals surface area contributed by atoms with E-state index in [1.165, 1.54) is 5.69 Å². The van der Waals surface area contributed by atoms with Gasteiger partial charge in [-0.2, -0.15) is 0 Å². The van der Waals surface area contributed by atoms with E-state index in [-0.39, 0.29) is 18.2 Å². The van der Waals surface area contributed by atoms with Crippen molar-refractivity contribution in [3.8, 4) is 0 Å². The highest BCUT2D eigenvalue weighted by atomic mass is 32.1. The second-order valence-electron chi connectivity index (χ2n) is 7.80. The zero-order chi connectivity index (χ0) is 20.3. The molecule has 0 unspecified atom stereocenters. The van der Waals surface area contributed by atoms with Crippen molar-refractivity contribution in [1.29, 1.82) is 0 Å². The maximum atomic E-state index is 5.90. The van der Waals surface area contributed by atoms with Gasteiger partial charge in [0.15, 0.2) is 5.11 Å². The number of rotatable bonds is 6. The van der Waals surface area contributed by atoms with E-state index in [0.717, 1.165) is 42.5 Å². The molecule has 3 aromatic rings. The first-order valence-electron chi connectivity index (χ1n) is 10.4. The Bertz CT molecular complexity index is 987. The van der Waals surface area contributed by atoms with E-state index in [9.17, 15) is 0 Å². The highest BCUT2D eigenvalue weighted by Gasteiger charge is 2.41. The molecule has 0 bridgehead atoms. The van der Waals surface area contributed by atoms with Gasteiger partial charge in [-0.05, 0) is 61.5 Å². The van der Waals surface area contributed by atoms with Crippen LogP contribution >= 0.6 is 12.2 Å². The summed E-state index contributed by atoms with van der Waals surface area (Å²) in [5.74, 6) is 0. The molecule has 2 fully saturated rings. The fourth-order valence-corrected chi connectivity index (χ4v) is 4.74. The van der Waals surface area contributed by atoms with Crippen molar-refractivity contribution in [3.05, 3.63) is 84.2 Å². The van der Waals surface area contributed by atoms with Gasteiger partial charge in [0.1, 0.15) is 0 Å². The molecule has 0 saturated carbocycles. The molecule has 154 valence electrons. The molecule has 0 aliphatic carbocycles. The van der Waals surface area contributed by atoms with Crippen LogP contribution in [0.15, 0.2) is 67.1 Å². The molecule has 30 heavy (non-hydrogen) atoms. The molecule has 0 spiro atoms. The molecule has 2 saturated heterocycles. The molecular weight excluding hydrogens is 394 g/mol. The summed E-state index contributed by atoms with van der Waals surface area (Å²) in [5.41, 5.74) is 3.19. The van der Waals surface area contributed by atoms with Gasteiger partial charge in [-0.3, -0.25) is 9.97 Å².